The van der Waals surface area contributed by atoms with Gasteiger partial charge in [-0.2, -0.15) is 0 Å². The lowest BCUT2D eigenvalue weighted by Crippen LogP contribution is -2.10. The first-order valence-electron chi connectivity index (χ1n) is 11.1. The lowest BCUT2D eigenvalue weighted by Gasteiger charge is -2.13. The zero-order valence-electron chi connectivity index (χ0n) is 19.0. The lowest BCUT2D eigenvalue weighted by atomic mass is 10.0. The highest BCUT2D eigenvalue weighted by atomic mass is 35.5. The SMILES string of the molecule is CCOC(=O)c1[nH]c2cc(Cl)ccc2c1-c1c(-c2ccccc2)ncn1Cc1c(F)cc(Cl)cc1F. The van der Waals surface area contributed by atoms with E-state index in [1.54, 1.807) is 29.7 Å². The Morgan fingerprint density at radius 3 is 2.44 bits per heavy atom. The Labute approximate surface area is 215 Å². The van der Waals surface area contributed by atoms with E-state index in [0.29, 0.717) is 32.9 Å². The molecule has 0 aliphatic heterocycles. The smallest absolute Gasteiger partial charge is 0.355 e. The normalized spacial score (nSPS) is 11.2. The van der Waals surface area contributed by atoms with Crippen LogP contribution in [-0.2, 0) is 11.3 Å². The van der Waals surface area contributed by atoms with Crippen LogP contribution in [0.15, 0.2) is 67.0 Å². The molecule has 36 heavy (non-hydrogen) atoms. The fourth-order valence-corrected chi connectivity index (χ4v) is 4.60. The topological polar surface area (TPSA) is 59.9 Å². The van der Waals surface area contributed by atoms with E-state index in [0.717, 1.165) is 17.7 Å². The minimum absolute atomic E-state index is 0.0392. The zero-order chi connectivity index (χ0) is 25.4. The predicted octanol–water partition coefficient (Wildman–Crippen LogP) is 7.51. The van der Waals surface area contributed by atoms with Gasteiger partial charge < -0.3 is 14.3 Å². The van der Waals surface area contributed by atoms with E-state index in [1.165, 1.54) is 6.33 Å². The molecule has 9 heteroatoms. The maximum atomic E-state index is 14.8. The maximum Gasteiger partial charge on any atom is 0.355 e. The van der Waals surface area contributed by atoms with Crippen molar-refractivity contribution in [3.8, 4) is 22.5 Å². The van der Waals surface area contributed by atoms with Crippen molar-refractivity contribution in [1.29, 1.82) is 0 Å². The highest BCUT2D eigenvalue weighted by Gasteiger charge is 2.27. The van der Waals surface area contributed by atoms with Crippen molar-refractivity contribution in [2.45, 2.75) is 13.5 Å². The van der Waals surface area contributed by atoms with Gasteiger partial charge in [0.05, 0.1) is 30.9 Å². The van der Waals surface area contributed by atoms with Gasteiger partial charge in [0.25, 0.3) is 0 Å². The molecule has 0 unspecified atom stereocenters. The number of ether oxygens (including phenoxy) is 1. The minimum Gasteiger partial charge on any atom is -0.461 e. The molecule has 182 valence electrons. The van der Waals surface area contributed by atoms with Crippen LogP contribution >= 0.6 is 23.2 Å². The molecular formula is C27H19Cl2F2N3O2. The van der Waals surface area contributed by atoms with Crippen LogP contribution in [0.2, 0.25) is 10.0 Å². The average molecular weight is 526 g/mol. The van der Waals surface area contributed by atoms with Gasteiger partial charge >= 0.3 is 5.97 Å². The summed E-state index contributed by atoms with van der Waals surface area (Å²) < 4.78 is 36.4. The number of imidazole rings is 1. The number of benzene rings is 3. The molecule has 0 atom stereocenters. The molecule has 2 heterocycles. The molecule has 2 aromatic heterocycles. The molecule has 0 saturated heterocycles. The molecule has 0 spiro atoms. The standard InChI is InChI=1S/C27H19Cl2F2N3O2/c1-2-36-27(35)25-23(18-9-8-16(28)12-22(18)33-25)26-24(15-6-4-3-5-7-15)32-14-34(26)13-19-20(30)10-17(29)11-21(19)31/h3-12,14,33H,2,13H2,1H3. The van der Waals surface area contributed by atoms with Crippen LogP contribution in [0.5, 0.6) is 0 Å². The quantitative estimate of drug-likeness (QED) is 0.233. The number of nitrogens with one attached hydrogen (secondary N) is 1. The van der Waals surface area contributed by atoms with Crippen molar-refractivity contribution in [1.82, 2.24) is 14.5 Å². The number of fused-ring (bicyclic) bond motifs is 1. The highest BCUT2D eigenvalue weighted by molar-refractivity contribution is 6.31. The molecule has 0 bridgehead atoms. The number of carbonyl (C=O) groups excluding carboxylic acids is 1. The molecule has 0 saturated carbocycles. The molecule has 0 radical (unpaired) electrons. The van der Waals surface area contributed by atoms with Crippen molar-refractivity contribution in [3.05, 3.63) is 99.9 Å². The molecule has 0 aliphatic rings. The molecular weight excluding hydrogens is 507 g/mol. The van der Waals surface area contributed by atoms with Crippen molar-refractivity contribution in [2.75, 3.05) is 6.61 Å². The first kappa shape index (κ1) is 24.0. The molecule has 3 aromatic carbocycles. The molecule has 5 nitrogen and oxygen atoms in total. The number of hydrogen-bond donors (Lipinski definition) is 1. The Morgan fingerprint density at radius 1 is 1.03 bits per heavy atom. The number of aromatic amines is 1. The molecule has 5 aromatic rings. The number of esters is 1. The van der Waals surface area contributed by atoms with Gasteiger partial charge in [0.15, 0.2) is 0 Å². The van der Waals surface area contributed by atoms with E-state index in [4.69, 9.17) is 27.9 Å². The maximum absolute atomic E-state index is 14.8. The Hall–Kier alpha value is -3.68. The largest absolute Gasteiger partial charge is 0.461 e. The average Bonchev–Trinajstić information content (AvgIpc) is 3.42. The summed E-state index contributed by atoms with van der Waals surface area (Å²) >= 11 is 12.0. The van der Waals surface area contributed by atoms with E-state index >= 15 is 0 Å². The first-order valence-corrected chi connectivity index (χ1v) is 11.9. The van der Waals surface area contributed by atoms with Crippen molar-refractivity contribution >= 4 is 40.1 Å². The van der Waals surface area contributed by atoms with Crippen molar-refractivity contribution in [3.63, 3.8) is 0 Å². The second kappa shape index (κ2) is 9.76. The summed E-state index contributed by atoms with van der Waals surface area (Å²) in [6.45, 7) is 1.69. The summed E-state index contributed by atoms with van der Waals surface area (Å²) in [7, 11) is 0. The molecule has 5 rings (SSSR count). The molecule has 0 aliphatic carbocycles. The van der Waals surface area contributed by atoms with Crippen LogP contribution in [0, 0.1) is 11.6 Å². The molecule has 1 N–H and O–H groups in total. The number of carbonyl (C=O) groups is 1. The minimum atomic E-state index is -0.780. The predicted molar refractivity (Wildman–Crippen MR) is 136 cm³/mol. The van der Waals surface area contributed by atoms with E-state index in [1.807, 2.05) is 30.3 Å². The summed E-state index contributed by atoms with van der Waals surface area (Å²) in [6, 6.07) is 16.6. The van der Waals surface area contributed by atoms with Gasteiger partial charge in [-0.25, -0.2) is 18.6 Å². The number of nitrogens with zero attached hydrogens (tertiary/aromatic N) is 2. The monoisotopic (exact) mass is 525 g/mol. The number of aromatic nitrogens is 3. The number of rotatable bonds is 6. The van der Waals surface area contributed by atoms with Crippen molar-refractivity contribution in [2.24, 2.45) is 0 Å². The van der Waals surface area contributed by atoms with Gasteiger partial charge in [-0.1, -0.05) is 59.6 Å². The van der Waals surface area contributed by atoms with E-state index in [9.17, 15) is 13.6 Å². The summed E-state index contributed by atoms with van der Waals surface area (Å²) in [4.78, 5) is 20.7. The highest BCUT2D eigenvalue weighted by Crippen LogP contribution is 2.40. The fourth-order valence-electron chi connectivity index (χ4n) is 4.24. The Morgan fingerprint density at radius 2 is 1.75 bits per heavy atom. The van der Waals surface area contributed by atoms with Crippen LogP contribution in [0.1, 0.15) is 23.0 Å². The summed E-state index contributed by atoms with van der Waals surface area (Å²) in [5, 5.41) is 1.12. The molecule has 0 fully saturated rings. The summed E-state index contributed by atoms with van der Waals surface area (Å²) in [5.41, 5.74) is 2.89. The van der Waals surface area contributed by atoms with Crippen LogP contribution in [-0.4, -0.2) is 27.1 Å². The van der Waals surface area contributed by atoms with Gasteiger partial charge in [0.1, 0.15) is 17.3 Å². The Kier molecular flexibility index (Phi) is 6.51. The first-order chi connectivity index (χ1) is 17.4. The van der Waals surface area contributed by atoms with E-state index in [-0.39, 0.29) is 29.4 Å². The van der Waals surface area contributed by atoms with Crippen LogP contribution < -0.4 is 0 Å². The number of H-pyrrole nitrogens is 1. The Bertz CT molecular complexity index is 1570. The summed E-state index contributed by atoms with van der Waals surface area (Å²) in [5.74, 6) is -2.13. The van der Waals surface area contributed by atoms with Crippen molar-refractivity contribution < 1.29 is 18.3 Å². The van der Waals surface area contributed by atoms with E-state index in [2.05, 4.69) is 9.97 Å². The fraction of sp³-hybridized carbons (Fsp3) is 0.111. The zero-order valence-corrected chi connectivity index (χ0v) is 20.5. The molecule has 0 amide bonds. The van der Waals surface area contributed by atoms with Gasteiger partial charge in [0.2, 0.25) is 0 Å². The van der Waals surface area contributed by atoms with Gasteiger partial charge in [-0.3, -0.25) is 0 Å². The second-order valence-corrected chi connectivity index (χ2v) is 8.94. The van der Waals surface area contributed by atoms with Gasteiger partial charge in [-0.05, 0) is 31.2 Å². The number of halogens is 4. The number of hydrogen-bond acceptors (Lipinski definition) is 3. The van der Waals surface area contributed by atoms with Crippen LogP contribution in [0.25, 0.3) is 33.4 Å². The van der Waals surface area contributed by atoms with Crippen LogP contribution in [0.4, 0.5) is 8.78 Å². The van der Waals surface area contributed by atoms with Gasteiger partial charge in [-0.15, -0.1) is 0 Å². The van der Waals surface area contributed by atoms with E-state index < -0.39 is 17.6 Å². The lowest BCUT2D eigenvalue weighted by molar-refractivity contribution is 0.0521. The third-order valence-electron chi connectivity index (χ3n) is 5.80. The third-order valence-corrected chi connectivity index (χ3v) is 6.25. The Balaban J connectivity index is 1.80. The third kappa shape index (κ3) is 4.36. The van der Waals surface area contributed by atoms with Gasteiger partial charge in [0, 0.05) is 37.6 Å². The summed E-state index contributed by atoms with van der Waals surface area (Å²) in [6.07, 6.45) is 1.49. The van der Waals surface area contributed by atoms with Crippen LogP contribution in [0.3, 0.4) is 0 Å². The second-order valence-electron chi connectivity index (χ2n) is 8.07.